The van der Waals surface area contributed by atoms with Gasteiger partial charge >= 0.3 is 17.4 Å². The smallest absolute Gasteiger partial charge is 1.00 e. The predicted octanol–water partition coefficient (Wildman–Crippen LogP) is -7.88. The fraction of sp³-hybridized carbons (Fsp3) is 1.00. The summed E-state index contributed by atoms with van der Waals surface area (Å²) in [7, 11) is 10.3. The first-order valence-electron chi connectivity index (χ1n) is 5.48. The first-order chi connectivity index (χ1) is 6.54. The molecule has 0 aromatic rings. The molecule has 0 aliphatic heterocycles. The number of rotatable bonds is 6. The van der Waals surface area contributed by atoms with E-state index in [0.29, 0.717) is 0 Å². The van der Waals surface area contributed by atoms with Crippen LogP contribution in [0.2, 0.25) is 0 Å². The molecular formula is C11H29Br3CrN3. The van der Waals surface area contributed by atoms with Gasteiger partial charge in [0.15, 0.2) is 0 Å². The molecule has 18 heavy (non-hydrogen) atoms. The van der Waals surface area contributed by atoms with Crippen molar-refractivity contribution in [2.75, 3.05) is 54.9 Å². The van der Waals surface area contributed by atoms with Crippen molar-refractivity contribution in [2.45, 2.75) is 19.8 Å². The van der Waals surface area contributed by atoms with Gasteiger partial charge in [-0.25, -0.2) is 0 Å². The van der Waals surface area contributed by atoms with Crippen LogP contribution in [-0.4, -0.2) is 64.7 Å². The van der Waals surface area contributed by atoms with E-state index in [1.807, 2.05) is 7.05 Å². The molecule has 115 valence electrons. The van der Waals surface area contributed by atoms with Crippen LogP contribution >= 0.6 is 0 Å². The second-order valence-electron chi connectivity index (χ2n) is 4.06. The minimum absolute atomic E-state index is 0. The van der Waals surface area contributed by atoms with E-state index in [0.717, 1.165) is 19.6 Å². The van der Waals surface area contributed by atoms with Crippen molar-refractivity contribution in [2.24, 2.45) is 0 Å². The summed E-state index contributed by atoms with van der Waals surface area (Å²) >= 11 is 0. The summed E-state index contributed by atoms with van der Waals surface area (Å²) in [5, 5.41) is 3.07. The van der Waals surface area contributed by atoms with E-state index in [9.17, 15) is 0 Å². The zero-order valence-electron chi connectivity index (χ0n) is 12.5. The zero-order valence-corrected chi connectivity index (χ0v) is 18.5. The quantitative estimate of drug-likeness (QED) is 0.370. The first kappa shape index (κ1) is 36.8. The predicted molar refractivity (Wildman–Crippen MR) is 65.9 cm³/mol. The third kappa shape index (κ3) is 52.2. The van der Waals surface area contributed by atoms with Crippen LogP contribution < -0.4 is 56.3 Å². The third-order valence-corrected chi connectivity index (χ3v) is 1.77. The van der Waals surface area contributed by atoms with Crippen molar-refractivity contribution in [1.29, 1.82) is 0 Å². The molecule has 7 heteroatoms. The standard InChI is InChI=1S/C6H16N2.C5H13N.3BrH.Cr/c1-7(2)5-6-8(3)4;1-3-4-5-6-2;;;;/h5-6H2,1-4H3;6H,3-5H2,1-2H3;3*1H;/q;;;;;+3/p-3. The maximum atomic E-state index is 3.07. The van der Waals surface area contributed by atoms with Gasteiger partial charge in [0, 0.05) is 13.1 Å². The summed E-state index contributed by atoms with van der Waals surface area (Å²) in [5.41, 5.74) is 0. The Kier molecular flexibility index (Phi) is 64.0. The van der Waals surface area contributed by atoms with Gasteiger partial charge in [0.05, 0.1) is 0 Å². The summed E-state index contributed by atoms with van der Waals surface area (Å²) < 4.78 is 0. The summed E-state index contributed by atoms with van der Waals surface area (Å²) in [6.07, 6.45) is 2.59. The fourth-order valence-corrected chi connectivity index (χ4v) is 0.754. The van der Waals surface area contributed by atoms with Crippen LogP contribution in [0.1, 0.15) is 19.8 Å². The summed E-state index contributed by atoms with van der Waals surface area (Å²) in [6, 6.07) is 0. The second kappa shape index (κ2) is 31.3. The van der Waals surface area contributed by atoms with Crippen molar-refractivity contribution in [3.63, 3.8) is 0 Å². The Bertz CT molecular complexity index is 97.5. The topological polar surface area (TPSA) is 18.5 Å². The van der Waals surface area contributed by atoms with Gasteiger partial charge in [-0.2, -0.15) is 0 Å². The molecule has 0 amide bonds. The second-order valence-corrected chi connectivity index (χ2v) is 4.06. The Morgan fingerprint density at radius 1 is 0.833 bits per heavy atom. The zero-order chi connectivity index (χ0) is 11.4. The molecule has 0 spiro atoms. The largest absolute Gasteiger partial charge is 3.00 e. The fourth-order valence-electron chi connectivity index (χ4n) is 0.754. The third-order valence-electron chi connectivity index (χ3n) is 1.77. The molecule has 0 rings (SSSR count). The number of nitrogens with one attached hydrogen (secondary N) is 1. The Balaban J connectivity index is -0.0000000335. The van der Waals surface area contributed by atoms with Crippen molar-refractivity contribution < 1.29 is 68.3 Å². The molecule has 0 unspecified atom stereocenters. The van der Waals surface area contributed by atoms with Gasteiger partial charge in [0.2, 0.25) is 0 Å². The van der Waals surface area contributed by atoms with Gasteiger partial charge in [-0.15, -0.1) is 0 Å². The van der Waals surface area contributed by atoms with Crippen LogP contribution in [0, 0.1) is 0 Å². The number of halogens is 3. The van der Waals surface area contributed by atoms with Crippen LogP contribution in [0.3, 0.4) is 0 Å². The monoisotopic (exact) mass is 492 g/mol. The average Bonchev–Trinajstić information content (AvgIpc) is 2.12. The number of unbranched alkanes of at least 4 members (excludes halogenated alkanes) is 1. The molecule has 0 aliphatic rings. The van der Waals surface area contributed by atoms with Crippen molar-refractivity contribution in [3.8, 4) is 0 Å². The van der Waals surface area contributed by atoms with Gasteiger partial charge in [0.1, 0.15) is 0 Å². The first-order valence-corrected chi connectivity index (χ1v) is 5.48. The molecule has 0 bridgehead atoms. The molecule has 0 aromatic carbocycles. The Morgan fingerprint density at radius 3 is 1.28 bits per heavy atom. The van der Waals surface area contributed by atoms with Crippen molar-refractivity contribution in [3.05, 3.63) is 0 Å². The molecule has 0 fully saturated rings. The Hall–Kier alpha value is 1.85. The number of nitrogens with zero attached hydrogens (tertiary/aromatic N) is 2. The van der Waals surface area contributed by atoms with Crippen LogP contribution in [0.4, 0.5) is 0 Å². The van der Waals surface area contributed by atoms with Crippen LogP contribution in [0.5, 0.6) is 0 Å². The molecule has 0 heterocycles. The van der Waals surface area contributed by atoms with Crippen LogP contribution in [-0.2, 0) is 17.4 Å². The van der Waals surface area contributed by atoms with Gasteiger partial charge in [-0.3, -0.25) is 0 Å². The minimum Gasteiger partial charge on any atom is -1.00 e. The molecule has 0 saturated heterocycles. The molecule has 1 N–H and O–H groups in total. The molecule has 3 nitrogen and oxygen atoms in total. The van der Waals surface area contributed by atoms with Crippen molar-refractivity contribution in [1.82, 2.24) is 15.1 Å². The Labute approximate surface area is 157 Å². The maximum Gasteiger partial charge on any atom is 3.00 e. The van der Waals surface area contributed by atoms with Gasteiger partial charge < -0.3 is 66.1 Å². The normalized spacial score (nSPS) is 8.00. The molecule has 0 atom stereocenters. The Morgan fingerprint density at radius 2 is 1.17 bits per heavy atom. The van der Waals surface area contributed by atoms with E-state index in [2.05, 4.69) is 50.2 Å². The van der Waals surface area contributed by atoms with E-state index in [4.69, 9.17) is 0 Å². The summed E-state index contributed by atoms with van der Waals surface area (Å²) in [4.78, 5) is 4.36. The maximum absolute atomic E-state index is 3.07. The van der Waals surface area contributed by atoms with Gasteiger partial charge in [-0.05, 0) is 48.2 Å². The van der Waals surface area contributed by atoms with E-state index in [1.54, 1.807) is 0 Å². The van der Waals surface area contributed by atoms with Crippen LogP contribution in [0.15, 0.2) is 0 Å². The van der Waals surface area contributed by atoms with E-state index in [-0.39, 0.29) is 68.3 Å². The summed E-state index contributed by atoms with van der Waals surface area (Å²) in [5.74, 6) is 0. The number of likely N-dealkylation sites (N-methyl/N-ethyl adjacent to an activating group) is 2. The summed E-state index contributed by atoms with van der Waals surface area (Å²) in [6.45, 7) is 5.65. The van der Waals surface area contributed by atoms with Gasteiger partial charge in [-0.1, -0.05) is 13.3 Å². The van der Waals surface area contributed by atoms with E-state index in [1.165, 1.54) is 12.8 Å². The number of hydrogen-bond donors (Lipinski definition) is 1. The molecule has 0 aliphatic carbocycles. The van der Waals surface area contributed by atoms with E-state index < -0.39 is 0 Å². The minimum atomic E-state index is 0. The molecule has 1 radical (unpaired) electrons. The molecular weight excluding hydrogens is 466 g/mol. The van der Waals surface area contributed by atoms with E-state index >= 15 is 0 Å². The average molecular weight is 495 g/mol. The SMILES string of the molecule is CCCCNC.CN(C)CCN(C)C.[Br-].[Br-].[Br-].[Cr+3]. The number of hydrogen-bond acceptors (Lipinski definition) is 3. The van der Waals surface area contributed by atoms with Crippen LogP contribution in [0.25, 0.3) is 0 Å². The molecule has 0 aromatic heterocycles. The molecule has 0 saturated carbocycles. The van der Waals surface area contributed by atoms with Gasteiger partial charge in [0.25, 0.3) is 0 Å². The van der Waals surface area contributed by atoms with Crippen molar-refractivity contribution >= 4 is 0 Å².